The minimum Gasteiger partial charge on any atom is -0.371 e. The number of aromatic nitrogens is 2. The Labute approximate surface area is 160 Å². The molecule has 1 amide bonds. The molecule has 3 aromatic rings. The second-order valence-electron chi connectivity index (χ2n) is 6.53. The molecular formula is C20H19BrN4O. The minimum atomic E-state index is -0.162. The lowest BCUT2D eigenvalue weighted by Gasteiger charge is -2.19. The lowest BCUT2D eigenvalue weighted by atomic mass is 10.1. The van der Waals surface area contributed by atoms with Crippen LogP contribution >= 0.6 is 15.9 Å². The van der Waals surface area contributed by atoms with Crippen LogP contribution in [0.5, 0.6) is 0 Å². The molecule has 0 saturated carbocycles. The van der Waals surface area contributed by atoms with E-state index < -0.39 is 0 Å². The average Bonchev–Trinajstić information content (AvgIpc) is 3.15. The van der Waals surface area contributed by atoms with E-state index in [9.17, 15) is 4.79 Å². The molecule has 0 aliphatic carbocycles. The summed E-state index contributed by atoms with van der Waals surface area (Å²) in [4.78, 5) is 23.5. The molecule has 1 fully saturated rings. The van der Waals surface area contributed by atoms with E-state index in [-0.39, 0.29) is 5.91 Å². The van der Waals surface area contributed by atoms with Crippen LogP contribution in [-0.2, 0) is 0 Å². The molecular weight excluding hydrogens is 392 g/mol. The lowest BCUT2D eigenvalue weighted by molar-refractivity contribution is 0.0943. The molecule has 0 unspecified atom stereocenters. The van der Waals surface area contributed by atoms with Gasteiger partial charge in [-0.25, -0.2) is 4.98 Å². The van der Waals surface area contributed by atoms with Crippen molar-refractivity contribution < 1.29 is 4.79 Å². The van der Waals surface area contributed by atoms with Crippen LogP contribution in [0.2, 0.25) is 0 Å². The van der Waals surface area contributed by atoms with Crippen LogP contribution in [0.25, 0.3) is 11.0 Å². The number of benzene rings is 2. The molecule has 6 heteroatoms. The molecule has 5 nitrogen and oxygen atoms in total. The van der Waals surface area contributed by atoms with Crippen molar-refractivity contribution in [2.24, 2.45) is 5.92 Å². The summed E-state index contributed by atoms with van der Waals surface area (Å²) in [5.74, 6) is 0.279. The topological polar surface area (TPSA) is 58.1 Å². The number of amides is 1. The molecule has 1 saturated heterocycles. The van der Waals surface area contributed by atoms with E-state index in [2.05, 4.69) is 60.4 Å². The highest BCUT2D eigenvalue weighted by Crippen LogP contribution is 2.25. The maximum Gasteiger partial charge on any atom is 0.271 e. The molecule has 4 rings (SSSR count). The molecule has 1 aliphatic heterocycles. The van der Waals surface area contributed by atoms with Crippen molar-refractivity contribution in [2.45, 2.75) is 6.42 Å². The number of carbonyl (C=O) groups excluding carboxylic acids is 1. The van der Waals surface area contributed by atoms with Crippen molar-refractivity contribution in [2.75, 3.05) is 24.5 Å². The van der Waals surface area contributed by atoms with E-state index in [0.29, 0.717) is 18.2 Å². The van der Waals surface area contributed by atoms with Crippen molar-refractivity contribution in [1.82, 2.24) is 15.3 Å². The third-order valence-corrected chi connectivity index (χ3v) is 5.24. The van der Waals surface area contributed by atoms with Gasteiger partial charge in [0.2, 0.25) is 0 Å². The van der Waals surface area contributed by atoms with Gasteiger partial charge in [-0.05, 0) is 48.7 Å². The summed E-state index contributed by atoms with van der Waals surface area (Å²) >= 11 is 3.47. The monoisotopic (exact) mass is 410 g/mol. The SMILES string of the molecule is O=C(NC[C@H]1CCN(c2ccc(Br)cc2)C1)c1cnc2ccccc2n1. The summed E-state index contributed by atoms with van der Waals surface area (Å²) in [6.45, 7) is 2.61. The Kier molecular flexibility index (Phi) is 4.84. The molecule has 0 radical (unpaired) electrons. The first-order valence-corrected chi connectivity index (χ1v) is 9.49. The van der Waals surface area contributed by atoms with E-state index in [1.807, 2.05) is 24.3 Å². The third-order valence-electron chi connectivity index (χ3n) is 4.71. The van der Waals surface area contributed by atoms with E-state index >= 15 is 0 Å². The normalized spacial score (nSPS) is 16.8. The van der Waals surface area contributed by atoms with Crippen LogP contribution in [0.4, 0.5) is 5.69 Å². The number of anilines is 1. The van der Waals surface area contributed by atoms with Crippen molar-refractivity contribution in [3.8, 4) is 0 Å². The van der Waals surface area contributed by atoms with Crippen LogP contribution in [0.15, 0.2) is 59.2 Å². The van der Waals surface area contributed by atoms with Crippen LogP contribution in [0, 0.1) is 5.92 Å². The van der Waals surface area contributed by atoms with E-state index in [1.54, 1.807) is 6.20 Å². The van der Waals surface area contributed by atoms with Crippen LogP contribution in [0.1, 0.15) is 16.9 Å². The molecule has 2 heterocycles. The standard InChI is InChI=1S/C20H19BrN4O/c21-15-5-7-16(8-6-15)25-10-9-14(13-25)11-23-20(26)19-12-22-17-3-1-2-4-18(17)24-19/h1-8,12,14H,9-11,13H2,(H,23,26)/t14-/m1/s1. The Morgan fingerprint density at radius 1 is 1.15 bits per heavy atom. The van der Waals surface area contributed by atoms with Crippen LogP contribution in [0.3, 0.4) is 0 Å². The number of rotatable bonds is 4. The predicted molar refractivity (Wildman–Crippen MR) is 106 cm³/mol. The van der Waals surface area contributed by atoms with Gasteiger partial charge in [-0.1, -0.05) is 28.1 Å². The molecule has 1 atom stereocenters. The van der Waals surface area contributed by atoms with Crippen molar-refractivity contribution in [3.63, 3.8) is 0 Å². The number of halogens is 1. The Bertz CT molecular complexity index is 929. The summed E-state index contributed by atoms with van der Waals surface area (Å²) in [6.07, 6.45) is 2.61. The van der Waals surface area contributed by atoms with Gasteiger partial charge in [-0.2, -0.15) is 0 Å². The number of nitrogens with one attached hydrogen (secondary N) is 1. The Balaban J connectivity index is 1.35. The zero-order valence-corrected chi connectivity index (χ0v) is 15.8. The summed E-state index contributed by atoms with van der Waals surface area (Å²) in [5.41, 5.74) is 3.13. The second-order valence-corrected chi connectivity index (χ2v) is 7.45. The minimum absolute atomic E-state index is 0.162. The molecule has 132 valence electrons. The third kappa shape index (κ3) is 3.70. The molecule has 1 N–H and O–H groups in total. The van der Waals surface area contributed by atoms with Gasteiger partial charge in [-0.3, -0.25) is 9.78 Å². The highest BCUT2D eigenvalue weighted by atomic mass is 79.9. The number of hydrogen-bond acceptors (Lipinski definition) is 4. The highest BCUT2D eigenvalue weighted by molar-refractivity contribution is 9.10. The zero-order valence-electron chi connectivity index (χ0n) is 14.2. The molecule has 1 aliphatic rings. The Morgan fingerprint density at radius 3 is 2.73 bits per heavy atom. The van der Waals surface area contributed by atoms with Crippen LogP contribution in [-0.4, -0.2) is 35.5 Å². The molecule has 26 heavy (non-hydrogen) atoms. The van der Waals surface area contributed by atoms with Crippen molar-refractivity contribution in [3.05, 3.63) is 64.9 Å². The first kappa shape index (κ1) is 17.0. The van der Waals surface area contributed by atoms with E-state index in [1.165, 1.54) is 5.69 Å². The van der Waals surface area contributed by atoms with Gasteiger partial charge in [0.1, 0.15) is 5.69 Å². The first-order chi connectivity index (χ1) is 12.7. The fraction of sp³-hybridized carbons (Fsp3) is 0.250. The van der Waals surface area contributed by atoms with Crippen molar-refractivity contribution >= 4 is 38.6 Å². The van der Waals surface area contributed by atoms with Gasteiger partial charge in [0.25, 0.3) is 5.91 Å². The quantitative estimate of drug-likeness (QED) is 0.712. The van der Waals surface area contributed by atoms with Gasteiger partial charge in [0.15, 0.2) is 0 Å². The van der Waals surface area contributed by atoms with Gasteiger partial charge in [0, 0.05) is 29.8 Å². The van der Waals surface area contributed by atoms with Gasteiger partial charge < -0.3 is 10.2 Å². The summed E-state index contributed by atoms with van der Waals surface area (Å²) in [6, 6.07) is 15.9. The number of hydrogen-bond donors (Lipinski definition) is 1. The number of para-hydroxylation sites is 2. The Morgan fingerprint density at radius 2 is 1.92 bits per heavy atom. The fourth-order valence-electron chi connectivity index (χ4n) is 3.28. The van der Waals surface area contributed by atoms with Gasteiger partial charge in [0.05, 0.1) is 17.2 Å². The predicted octanol–water partition coefficient (Wildman–Crippen LogP) is 3.65. The van der Waals surface area contributed by atoms with Gasteiger partial charge >= 0.3 is 0 Å². The van der Waals surface area contributed by atoms with E-state index in [4.69, 9.17) is 0 Å². The van der Waals surface area contributed by atoms with Gasteiger partial charge in [-0.15, -0.1) is 0 Å². The Hall–Kier alpha value is -2.47. The number of fused-ring (bicyclic) bond motifs is 1. The number of carbonyl (C=O) groups is 1. The molecule has 0 bridgehead atoms. The zero-order chi connectivity index (χ0) is 17.9. The summed E-state index contributed by atoms with van der Waals surface area (Å²) in [5, 5.41) is 3.01. The first-order valence-electron chi connectivity index (χ1n) is 8.69. The molecule has 0 spiro atoms. The molecule has 2 aromatic carbocycles. The lowest BCUT2D eigenvalue weighted by Crippen LogP contribution is -2.31. The summed E-state index contributed by atoms with van der Waals surface area (Å²) < 4.78 is 1.08. The highest BCUT2D eigenvalue weighted by Gasteiger charge is 2.23. The van der Waals surface area contributed by atoms with E-state index in [0.717, 1.165) is 35.0 Å². The van der Waals surface area contributed by atoms with Crippen LogP contribution < -0.4 is 10.2 Å². The smallest absolute Gasteiger partial charge is 0.271 e. The maximum absolute atomic E-state index is 12.4. The molecule has 1 aromatic heterocycles. The number of nitrogens with zero attached hydrogens (tertiary/aromatic N) is 3. The summed E-state index contributed by atoms with van der Waals surface area (Å²) in [7, 11) is 0. The average molecular weight is 411 g/mol. The largest absolute Gasteiger partial charge is 0.371 e. The second kappa shape index (κ2) is 7.41. The fourth-order valence-corrected chi connectivity index (χ4v) is 3.54. The maximum atomic E-state index is 12.4. The van der Waals surface area contributed by atoms with Crippen molar-refractivity contribution in [1.29, 1.82) is 0 Å².